The molecule has 1 aliphatic heterocycles. The molecule has 112 valence electrons. The second-order valence-corrected chi connectivity index (χ2v) is 6.92. The van der Waals surface area contributed by atoms with E-state index >= 15 is 0 Å². The summed E-state index contributed by atoms with van der Waals surface area (Å²) in [4.78, 5) is 0. The van der Waals surface area contributed by atoms with E-state index in [2.05, 4.69) is 13.8 Å². The highest BCUT2D eigenvalue weighted by atomic mass is 16.5. The lowest BCUT2D eigenvalue weighted by molar-refractivity contribution is -0.0537. The molecule has 0 bridgehead atoms. The van der Waals surface area contributed by atoms with Crippen LogP contribution in [0.1, 0.15) is 97.3 Å². The van der Waals surface area contributed by atoms with Gasteiger partial charge in [-0.05, 0) is 38.0 Å². The van der Waals surface area contributed by atoms with Crippen LogP contribution in [0.5, 0.6) is 0 Å². The van der Waals surface area contributed by atoms with Crippen molar-refractivity contribution in [2.75, 3.05) is 0 Å². The summed E-state index contributed by atoms with van der Waals surface area (Å²) in [5.41, 5.74) is 0.232. The van der Waals surface area contributed by atoms with Crippen molar-refractivity contribution in [3.63, 3.8) is 0 Å². The normalized spacial score (nSPS) is 33.2. The molecule has 2 atom stereocenters. The molecule has 2 fully saturated rings. The maximum atomic E-state index is 6.56. The van der Waals surface area contributed by atoms with Crippen molar-refractivity contribution < 1.29 is 4.74 Å². The summed E-state index contributed by atoms with van der Waals surface area (Å²) in [7, 11) is 0. The van der Waals surface area contributed by atoms with Crippen molar-refractivity contribution in [1.29, 1.82) is 0 Å². The molecule has 2 unspecified atom stereocenters. The summed E-state index contributed by atoms with van der Waals surface area (Å²) in [6.45, 7) is 4.63. The number of fused-ring (bicyclic) bond motifs is 1. The molecule has 0 aromatic rings. The van der Waals surface area contributed by atoms with E-state index in [0.29, 0.717) is 6.10 Å². The minimum absolute atomic E-state index is 0.232. The third kappa shape index (κ3) is 4.21. The molecule has 0 aromatic heterocycles. The zero-order chi connectivity index (χ0) is 13.6. The second-order valence-electron chi connectivity index (χ2n) is 6.92. The monoisotopic (exact) mass is 266 g/mol. The first kappa shape index (κ1) is 15.4. The van der Waals surface area contributed by atoms with Crippen molar-refractivity contribution in [2.45, 2.75) is 109 Å². The zero-order valence-corrected chi connectivity index (χ0v) is 13.3. The minimum Gasteiger partial charge on any atom is -0.371 e. The largest absolute Gasteiger partial charge is 0.371 e. The fourth-order valence-electron chi connectivity index (χ4n) is 4.18. The molecular weight excluding hydrogens is 232 g/mol. The Balaban J connectivity index is 1.93. The molecule has 2 aliphatic rings. The van der Waals surface area contributed by atoms with Gasteiger partial charge in [-0.15, -0.1) is 0 Å². The molecule has 1 heterocycles. The Morgan fingerprint density at radius 3 is 1.89 bits per heavy atom. The molecule has 0 N–H and O–H groups in total. The fourth-order valence-corrected chi connectivity index (χ4v) is 4.18. The molecule has 0 radical (unpaired) electrons. The van der Waals surface area contributed by atoms with Gasteiger partial charge in [0.1, 0.15) is 0 Å². The van der Waals surface area contributed by atoms with E-state index in [4.69, 9.17) is 4.74 Å². The van der Waals surface area contributed by atoms with Gasteiger partial charge in [-0.25, -0.2) is 0 Å². The lowest BCUT2D eigenvalue weighted by atomic mass is 9.84. The quantitative estimate of drug-likeness (QED) is 0.608. The van der Waals surface area contributed by atoms with Crippen LogP contribution in [-0.4, -0.2) is 11.7 Å². The highest BCUT2D eigenvalue weighted by molar-refractivity contribution is 4.92. The Bertz CT molecular complexity index is 222. The first-order valence-electron chi connectivity index (χ1n) is 8.97. The molecule has 1 nitrogen and oxygen atoms in total. The number of hydrogen-bond donors (Lipinski definition) is 0. The van der Waals surface area contributed by atoms with Gasteiger partial charge in [-0.3, -0.25) is 0 Å². The average Bonchev–Trinajstić information content (AvgIpc) is 2.78. The highest BCUT2D eigenvalue weighted by Gasteiger charge is 2.43. The summed E-state index contributed by atoms with van der Waals surface area (Å²) in [6.07, 6.45) is 18.6. The maximum absolute atomic E-state index is 6.56. The Morgan fingerprint density at radius 1 is 0.789 bits per heavy atom. The van der Waals surface area contributed by atoms with Gasteiger partial charge in [0, 0.05) is 0 Å². The zero-order valence-electron chi connectivity index (χ0n) is 13.3. The molecule has 1 aliphatic carbocycles. The van der Waals surface area contributed by atoms with E-state index in [9.17, 15) is 0 Å². The van der Waals surface area contributed by atoms with Crippen LogP contribution in [-0.2, 0) is 4.74 Å². The van der Waals surface area contributed by atoms with Gasteiger partial charge in [-0.1, -0.05) is 65.2 Å². The Labute approximate surface area is 120 Å². The summed E-state index contributed by atoms with van der Waals surface area (Å²) in [6, 6.07) is 0. The van der Waals surface area contributed by atoms with E-state index in [0.717, 1.165) is 5.92 Å². The first-order valence-corrected chi connectivity index (χ1v) is 8.97. The molecule has 0 aromatic carbocycles. The lowest BCUT2D eigenvalue weighted by Gasteiger charge is -2.26. The maximum Gasteiger partial charge on any atom is 0.0684 e. The molecule has 0 spiro atoms. The van der Waals surface area contributed by atoms with E-state index in [1.807, 2.05) is 0 Å². The van der Waals surface area contributed by atoms with E-state index in [-0.39, 0.29) is 5.60 Å². The first-order chi connectivity index (χ1) is 9.29. The standard InChI is InChI=1S/C18H34O/c1-3-18(4-2)15-16-13-11-9-7-5-6-8-10-12-14-17(16)19-18/h16-17H,3-15H2,1-2H3. The predicted octanol–water partition coefficient (Wildman–Crippen LogP) is 5.86. The van der Waals surface area contributed by atoms with Crippen LogP contribution in [0, 0.1) is 5.92 Å². The molecule has 1 saturated heterocycles. The number of ether oxygens (including phenoxy) is 1. The third-order valence-corrected chi connectivity index (χ3v) is 5.66. The van der Waals surface area contributed by atoms with Gasteiger partial charge in [-0.2, -0.15) is 0 Å². The smallest absolute Gasteiger partial charge is 0.0684 e. The van der Waals surface area contributed by atoms with Crippen LogP contribution in [0.25, 0.3) is 0 Å². The van der Waals surface area contributed by atoms with Gasteiger partial charge in [0.25, 0.3) is 0 Å². The van der Waals surface area contributed by atoms with Gasteiger partial charge in [0.05, 0.1) is 11.7 Å². The Morgan fingerprint density at radius 2 is 1.32 bits per heavy atom. The van der Waals surface area contributed by atoms with Crippen molar-refractivity contribution >= 4 is 0 Å². The third-order valence-electron chi connectivity index (χ3n) is 5.66. The molecule has 2 rings (SSSR count). The Kier molecular flexibility index (Phi) is 6.19. The Hall–Kier alpha value is -0.0400. The van der Waals surface area contributed by atoms with Gasteiger partial charge < -0.3 is 4.74 Å². The van der Waals surface area contributed by atoms with Gasteiger partial charge >= 0.3 is 0 Å². The molecule has 1 heteroatoms. The van der Waals surface area contributed by atoms with Crippen LogP contribution in [0.15, 0.2) is 0 Å². The average molecular weight is 266 g/mol. The number of hydrogen-bond acceptors (Lipinski definition) is 1. The molecule has 0 amide bonds. The van der Waals surface area contributed by atoms with Gasteiger partial charge in [0.15, 0.2) is 0 Å². The second kappa shape index (κ2) is 7.67. The van der Waals surface area contributed by atoms with Crippen molar-refractivity contribution in [1.82, 2.24) is 0 Å². The van der Waals surface area contributed by atoms with Crippen LogP contribution in [0.3, 0.4) is 0 Å². The highest BCUT2D eigenvalue weighted by Crippen LogP contribution is 2.43. The topological polar surface area (TPSA) is 9.23 Å². The summed E-state index contributed by atoms with van der Waals surface area (Å²) in [5.74, 6) is 0.860. The lowest BCUT2D eigenvalue weighted by Crippen LogP contribution is -2.27. The van der Waals surface area contributed by atoms with E-state index in [1.54, 1.807) is 0 Å². The fraction of sp³-hybridized carbons (Fsp3) is 1.00. The molecule has 1 saturated carbocycles. The summed E-state index contributed by atoms with van der Waals surface area (Å²) < 4.78 is 6.56. The van der Waals surface area contributed by atoms with Crippen molar-refractivity contribution in [2.24, 2.45) is 5.92 Å². The van der Waals surface area contributed by atoms with Crippen LogP contribution >= 0.6 is 0 Å². The summed E-state index contributed by atoms with van der Waals surface area (Å²) >= 11 is 0. The summed E-state index contributed by atoms with van der Waals surface area (Å²) in [5, 5.41) is 0. The predicted molar refractivity (Wildman–Crippen MR) is 82.5 cm³/mol. The van der Waals surface area contributed by atoms with E-state index in [1.165, 1.54) is 83.5 Å². The molecular formula is C18H34O. The van der Waals surface area contributed by atoms with Crippen molar-refractivity contribution in [3.8, 4) is 0 Å². The van der Waals surface area contributed by atoms with Gasteiger partial charge in [0.2, 0.25) is 0 Å². The van der Waals surface area contributed by atoms with E-state index < -0.39 is 0 Å². The SMILES string of the molecule is CCC1(CC)CC2CCCCCCCCCCC2O1. The van der Waals surface area contributed by atoms with Crippen molar-refractivity contribution in [3.05, 3.63) is 0 Å². The number of rotatable bonds is 2. The minimum atomic E-state index is 0.232. The van der Waals surface area contributed by atoms with Crippen LogP contribution < -0.4 is 0 Å². The molecule has 19 heavy (non-hydrogen) atoms. The van der Waals surface area contributed by atoms with Crippen LogP contribution in [0.4, 0.5) is 0 Å². The van der Waals surface area contributed by atoms with Crippen LogP contribution in [0.2, 0.25) is 0 Å².